The summed E-state index contributed by atoms with van der Waals surface area (Å²) < 4.78 is 0. The highest BCUT2D eigenvalue weighted by atomic mass is 16.2. The quantitative estimate of drug-likeness (QED) is 0.800. The third-order valence-electron chi connectivity index (χ3n) is 4.89. The SMILES string of the molecule is CN(C)CCN(C(=O)C1CCNCC1)C1CCN(C)CC1. The lowest BCUT2D eigenvalue weighted by molar-refractivity contribution is -0.140. The van der Waals surface area contributed by atoms with E-state index in [1.807, 2.05) is 0 Å². The highest BCUT2D eigenvalue weighted by Crippen LogP contribution is 2.21. The highest BCUT2D eigenvalue weighted by molar-refractivity contribution is 5.79. The van der Waals surface area contributed by atoms with Gasteiger partial charge in [0.2, 0.25) is 5.91 Å². The van der Waals surface area contributed by atoms with Crippen molar-refractivity contribution in [3.05, 3.63) is 0 Å². The molecule has 0 aromatic heterocycles. The summed E-state index contributed by atoms with van der Waals surface area (Å²) in [5.74, 6) is 0.654. The van der Waals surface area contributed by atoms with Crippen molar-refractivity contribution in [2.45, 2.75) is 31.7 Å². The van der Waals surface area contributed by atoms with E-state index in [1.165, 1.54) is 0 Å². The lowest BCUT2D eigenvalue weighted by Gasteiger charge is -2.40. The maximum atomic E-state index is 13.0. The molecule has 1 N–H and O–H groups in total. The van der Waals surface area contributed by atoms with E-state index in [4.69, 9.17) is 0 Å². The van der Waals surface area contributed by atoms with Crippen LogP contribution in [0, 0.1) is 5.92 Å². The standard InChI is InChI=1S/C16H32N4O/c1-18(2)12-13-20(15-6-10-19(3)11-7-15)16(21)14-4-8-17-9-5-14/h14-15,17H,4-13H2,1-3H3. The first-order valence-corrected chi connectivity index (χ1v) is 8.42. The molecule has 0 aromatic carbocycles. The Kier molecular flexibility index (Phi) is 6.45. The zero-order chi connectivity index (χ0) is 15.2. The van der Waals surface area contributed by atoms with Gasteiger partial charge in [0, 0.05) is 25.0 Å². The van der Waals surface area contributed by atoms with Crippen LogP contribution in [-0.2, 0) is 4.79 Å². The molecule has 0 aromatic rings. The fourth-order valence-electron chi connectivity index (χ4n) is 3.39. The normalized spacial score (nSPS) is 22.7. The fraction of sp³-hybridized carbons (Fsp3) is 0.938. The van der Waals surface area contributed by atoms with Crippen molar-refractivity contribution in [3.8, 4) is 0 Å². The molecule has 2 fully saturated rings. The Bertz CT molecular complexity index is 320. The van der Waals surface area contributed by atoms with Crippen molar-refractivity contribution in [1.29, 1.82) is 0 Å². The molecule has 0 aliphatic carbocycles. The van der Waals surface area contributed by atoms with Crippen molar-refractivity contribution in [2.75, 3.05) is 60.4 Å². The van der Waals surface area contributed by atoms with E-state index in [0.29, 0.717) is 11.9 Å². The van der Waals surface area contributed by atoms with Crippen molar-refractivity contribution >= 4 is 5.91 Å². The van der Waals surface area contributed by atoms with Gasteiger partial charge in [-0.2, -0.15) is 0 Å². The number of likely N-dealkylation sites (tertiary alicyclic amines) is 1. The van der Waals surface area contributed by atoms with Crippen LogP contribution in [0.4, 0.5) is 0 Å². The molecule has 2 heterocycles. The van der Waals surface area contributed by atoms with E-state index >= 15 is 0 Å². The van der Waals surface area contributed by atoms with E-state index in [0.717, 1.165) is 65.0 Å². The third kappa shape index (κ3) is 4.94. The Morgan fingerprint density at radius 2 is 1.71 bits per heavy atom. The maximum Gasteiger partial charge on any atom is 0.226 e. The lowest BCUT2D eigenvalue weighted by Crippen LogP contribution is -2.51. The molecule has 2 aliphatic heterocycles. The van der Waals surface area contributed by atoms with Crippen molar-refractivity contribution in [2.24, 2.45) is 5.92 Å². The van der Waals surface area contributed by atoms with Crippen molar-refractivity contribution in [3.63, 3.8) is 0 Å². The van der Waals surface area contributed by atoms with Crippen LogP contribution in [-0.4, -0.2) is 87.1 Å². The maximum absolute atomic E-state index is 13.0. The van der Waals surface area contributed by atoms with Crippen LogP contribution in [0.1, 0.15) is 25.7 Å². The van der Waals surface area contributed by atoms with E-state index in [1.54, 1.807) is 0 Å². The average Bonchev–Trinajstić information content (AvgIpc) is 2.49. The van der Waals surface area contributed by atoms with Gasteiger partial charge in [0.1, 0.15) is 0 Å². The zero-order valence-electron chi connectivity index (χ0n) is 14.0. The minimum atomic E-state index is 0.244. The van der Waals surface area contributed by atoms with Crippen molar-refractivity contribution < 1.29 is 4.79 Å². The number of piperidine rings is 2. The lowest BCUT2D eigenvalue weighted by atomic mass is 9.94. The number of rotatable bonds is 5. The van der Waals surface area contributed by atoms with Gasteiger partial charge >= 0.3 is 0 Å². The minimum absolute atomic E-state index is 0.244. The van der Waals surface area contributed by atoms with E-state index in [-0.39, 0.29) is 5.92 Å². The highest BCUT2D eigenvalue weighted by Gasteiger charge is 2.31. The summed E-state index contributed by atoms with van der Waals surface area (Å²) in [5.41, 5.74) is 0. The van der Waals surface area contributed by atoms with Crippen LogP contribution in [0.5, 0.6) is 0 Å². The molecule has 0 unspecified atom stereocenters. The molecule has 5 nitrogen and oxygen atoms in total. The molecule has 2 aliphatic rings. The van der Waals surface area contributed by atoms with Gasteiger partial charge in [0.05, 0.1) is 0 Å². The number of carbonyl (C=O) groups is 1. The second kappa shape index (κ2) is 8.11. The van der Waals surface area contributed by atoms with E-state index in [9.17, 15) is 4.79 Å². The molecular weight excluding hydrogens is 264 g/mol. The molecular formula is C16H32N4O. The van der Waals surface area contributed by atoms with Gasteiger partial charge in [0.25, 0.3) is 0 Å². The Hall–Kier alpha value is -0.650. The molecule has 2 rings (SSSR count). The molecule has 21 heavy (non-hydrogen) atoms. The van der Waals surface area contributed by atoms with Gasteiger partial charge in [-0.25, -0.2) is 0 Å². The summed E-state index contributed by atoms with van der Waals surface area (Å²) >= 11 is 0. The third-order valence-corrected chi connectivity index (χ3v) is 4.89. The van der Waals surface area contributed by atoms with Crippen LogP contribution >= 0.6 is 0 Å². The molecule has 122 valence electrons. The average molecular weight is 296 g/mol. The monoisotopic (exact) mass is 296 g/mol. The van der Waals surface area contributed by atoms with Crippen molar-refractivity contribution in [1.82, 2.24) is 20.0 Å². The number of nitrogens with zero attached hydrogens (tertiary/aromatic N) is 3. The first kappa shape index (κ1) is 16.7. The van der Waals surface area contributed by atoms with E-state index < -0.39 is 0 Å². The summed E-state index contributed by atoms with van der Waals surface area (Å²) in [6, 6.07) is 0.448. The Morgan fingerprint density at radius 1 is 1.10 bits per heavy atom. The number of amides is 1. The van der Waals surface area contributed by atoms with Gasteiger partial charge in [-0.15, -0.1) is 0 Å². The van der Waals surface area contributed by atoms with Gasteiger partial charge in [-0.1, -0.05) is 0 Å². The first-order valence-electron chi connectivity index (χ1n) is 8.42. The number of likely N-dealkylation sites (N-methyl/N-ethyl adjacent to an activating group) is 1. The molecule has 2 saturated heterocycles. The number of nitrogens with one attached hydrogen (secondary N) is 1. The molecule has 1 amide bonds. The van der Waals surface area contributed by atoms with Crippen LogP contribution in [0.25, 0.3) is 0 Å². The van der Waals surface area contributed by atoms with Crippen LogP contribution in [0.15, 0.2) is 0 Å². The smallest absolute Gasteiger partial charge is 0.226 e. The largest absolute Gasteiger partial charge is 0.338 e. The molecule has 0 saturated carbocycles. The predicted octanol–water partition coefficient (Wildman–Crippen LogP) is 0.470. The molecule has 0 radical (unpaired) electrons. The Labute approximate surface area is 129 Å². The summed E-state index contributed by atoms with van der Waals surface area (Å²) in [7, 11) is 6.35. The topological polar surface area (TPSA) is 38.8 Å². The Balaban J connectivity index is 1.98. The van der Waals surface area contributed by atoms with Crippen LogP contribution < -0.4 is 5.32 Å². The van der Waals surface area contributed by atoms with Gasteiger partial charge < -0.3 is 20.0 Å². The van der Waals surface area contributed by atoms with Gasteiger partial charge in [0.15, 0.2) is 0 Å². The predicted molar refractivity (Wildman–Crippen MR) is 86.4 cm³/mol. The summed E-state index contributed by atoms with van der Waals surface area (Å²) in [5, 5.41) is 3.36. The number of hydrogen-bond acceptors (Lipinski definition) is 4. The second-order valence-electron chi connectivity index (χ2n) is 6.89. The van der Waals surface area contributed by atoms with Gasteiger partial charge in [-0.3, -0.25) is 4.79 Å². The molecule has 0 spiro atoms. The molecule has 0 bridgehead atoms. The summed E-state index contributed by atoms with van der Waals surface area (Å²) in [4.78, 5) is 19.7. The van der Waals surface area contributed by atoms with Crippen LogP contribution in [0.2, 0.25) is 0 Å². The summed E-state index contributed by atoms with van der Waals surface area (Å²) in [6.45, 7) is 6.05. The summed E-state index contributed by atoms with van der Waals surface area (Å²) in [6.07, 6.45) is 4.26. The Morgan fingerprint density at radius 3 is 2.29 bits per heavy atom. The van der Waals surface area contributed by atoms with E-state index in [2.05, 4.69) is 41.2 Å². The van der Waals surface area contributed by atoms with Crippen LogP contribution in [0.3, 0.4) is 0 Å². The second-order valence-corrected chi connectivity index (χ2v) is 6.89. The van der Waals surface area contributed by atoms with Gasteiger partial charge in [-0.05, 0) is 73.0 Å². The minimum Gasteiger partial charge on any atom is -0.338 e. The number of carbonyl (C=O) groups excluding carboxylic acids is 1. The zero-order valence-corrected chi connectivity index (χ0v) is 14.0. The fourth-order valence-corrected chi connectivity index (χ4v) is 3.39. The first-order chi connectivity index (χ1) is 10.1. The number of hydrogen-bond donors (Lipinski definition) is 1. The molecule has 5 heteroatoms. The molecule has 0 atom stereocenters.